The number of fused-ring (bicyclic) bond motifs is 1. The maximum absolute atomic E-state index is 13.3. The number of carbonyl (C=O) groups is 2. The summed E-state index contributed by atoms with van der Waals surface area (Å²) >= 11 is 12.1. The van der Waals surface area contributed by atoms with E-state index >= 15 is 0 Å². The van der Waals surface area contributed by atoms with Crippen LogP contribution in [0.2, 0.25) is 10.0 Å². The lowest BCUT2D eigenvalue weighted by molar-refractivity contribution is -0.123. The second-order valence-corrected chi connectivity index (χ2v) is 7.47. The summed E-state index contributed by atoms with van der Waals surface area (Å²) < 4.78 is 0. The number of halogens is 2. The third-order valence-electron chi connectivity index (χ3n) is 5.25. The maximum Gasteiger partial charge on any atom is 0.332 e. The van der Waals surface area contributed by atoms with Crippen molar-refractivity contribution in [2.75, 3.05) is 11.4 Å². The summed E-state index contributed by atoms with van der Waals surface area (Å²) in [6.45, 7) is 2.40. The molecule has 6 heteroatoms. The molecule has 2 fully saturated rings. The van der Waals surface area contributed by atoms with Crippen molar-refractivity contribution in [3.63, 3.8) is 0 Å². The summed E-state index contributed by atoms with van der Waals surface area (Å²) in [5, 5.41) is 0.778. The van der Waals surface area contributed by atoms with Crippen molar-refractivity contribution in [3.05, 3.63) is 64.1 Å². The fourth-order valence-corrected chi connectivity index (χ4v) is 4.54. The molecular weight excluding hydrogens is 359 g/mol. The maximum atomic E-state index is 13.3. The molecule has 128 valence electrons. The van der Waals surface area contributed by atoms with Gasteiger partial charge in [-0.15, -0.1) is 0 Å². The zero-order valence-corrected chi connectivity index (χ0v) is 15.1. The van der Waals surface area contributed by atoms with Gasteiger partial charge in [-0.05, 0) is 37.1 Å². The Bertz CT molecular complexity index is 851. The number of hydrogen-bond donors (Lipinski definition) is 0. The Morgan fingerprint density at radius 3 is 2.32 bits per heavy atom. The first-order valence-electron chi connectivity index (χ1n) is 8.10. The Morgan fingerprint density at radius 1 is 1.04 bits per heavy atom. The molecule has 2 aliphatic rings. The van der Waals surface area contributed by atoms with Gasteiger partial charge in [-0.25, -0.2) is 9.69 Å². The number of urea groups is 1. The molecule has 4 nitrogen and oxygen atoms in total. The van der Waals surface area contributed by atoms with Gasteiger partial charge in [0.15, 0.2) is 0 Å². The van der Waals surface area contributed by atoms with E-state index in [2.05, 4.69) is 0 Å². The van der Waals surface area contributed by atoms with E-state index in [-0.39, 0.29) is 17.9 Å². The van der Waals surface area contributed by atoms with Crippen LogP contribution >= 0.6 is 23.2 Å². The molecule has 2 aliphatic heterocycles. The predicted molar refractivity (Wildman–Crippen MR) is 98.3 cm³/mol. The molecule has 0 saturated carbocycles. The molecule has 2 heterocycles. The Hall–Kier alpha value is -2.04. The van der Waals surface area contributed by atoms with E-state index in [1.165, 1.54) is 4.90 Å². The predicted octanol–water partition coefficient (Wildman–Crippen LogP) is 4.71. The van der Waals surface area contributed by atoms with Gasteiger partial charge in [-0.2, -0.15) is 0 Å². The molecule has 3 amide bonds. The van der Waals surface area contributed by atoms with Gasteiger partial charge in [0.1, 0.15) is 5.54 Å². The molecule has 2 saturated heterocycles. The topological polar surface area (TPSA) is 40.6 Å². The minimum Gasteiger partial charge on any atom is -0.309 e. The van der Waals surface area contributed by atoms with Crippen molar-refractivity contribution in [3.8, 4) is 0 Å². The summed E-state index contributed by atoms with van der Waals surface area (Å²) in [5.74, 6) is -0.271. The normalized spacial score (nSPS) is 25.6. The van der Waals surface area contributed by atoms with Gasteiger partial charge in [-0.3, -0.25) is 4.79 Å². The highest BCUT2D eigenvalue weighted by Crippen LogP contribution is 2.48. The molecule has 25 heavy (non-hydrogen) atoms. The van der Waals surface area contributed by atoms with Crippen LogP contribution < -0.4 is 4.90 Å². The minimum absolute atomic E-state index is 0.0372. The number of imide groups is 1. The van der Waals surface area contributed by atoms with E-state index in [4.69, 9.17) is 23.2 Å². The lowest BCUT2D eigenvalue weighted by Crippen LogP contribution is -2.46. The molecular formula is C19H16Cl2N2O2. The van der Waals surface area contributed by atoms with Crippen LogP contribution in [0.3, 0.4) is 0 Å². The van der Waals surface area contributed by atoms with Crippen LogP contribution in [0.15, 0.2) is 48.5 Å². The van der Waals surface area contributed by atoms with E-state index in [0.717, 1.165) is 12.0 Å². The third-order valence-corrected chi connectivity index (χ3v) is 5.68. The second-order valence-electron chi connectivity index (χ2n) is 6.60. The molecule has 2 aromatic carbocycles. The molecule has 0 radical (unpaired) electrons. The smallest absolute Gasteiger partial charge is 0.309 e. The average molecular weight is 375 g/mol. The van der Waals surface area contributed by atoms with Crippen LogP contribution in [-0.2, 0) is 4.79 Å². The first kappa shape index (κ1) is 16.4. The molecule has 0 aliphatic carbocycles. The summed E-state index contributed by atoms with van der Waals surface area (Å²) in [6, 6.07) is 14.3. The van der Waals surface area contributed by atoms with Gasteiger partial charge in [0, 0.05) is 22.5 Å². The van der Waals surface area contributed by atoms with E-state index in [0.29, 0.717) is 22.3 Å². The highest BCUT2D eigenvalue weighted by Gasteiger charge is 2.62. The van der Waals surface area contributed by atoms with E-state index < -0.39 is 5.54 Å². The fraction of sp³-hybridized carbons (Fsp3) is 0.263. The van der Waals surface area contributed by atoms with Gasteiger partial charge in [-0.1, -0.05) is 53.5 Å². The number of amides is 3. The van der Waals surface area contributed by atoms with E-state index in [1.54, 1.807) is 23.1 Å². The lowest BCUT2D eigenvalue weighted by Gasteiger charge is -2.30. The summed E-state index contributed by atoms with van der Waals surface area (Å²) in [6.07, 6.45) is 0.766. The highest BCUT2D eigenvalue weighted by molar-refractivity contribution is 6.35. The molecule has 2 atom stereocenters. The fourth-order valence-electron chi connectivity index (χ4n) is 4.03. The quantitative estimate of drug-likeness (QED) is 0.714. The van der Waals surface area contributed by atoms with Gasteiger partial charge >= 0.3 is 6.03 Å². The van der Waals surface area contributed by atoms with Crippen molar-refractivity contribution in [1.29, 1.82) is 0 Å². The Labute approximate surface area is 155 Å². The van der Waals surface area contributed by atoms with Crippen molar-refractivity contribution < 1.29 is 9.59 Å². The van der Waals surface area contributed by atoms with Crippen LogP contribution in [0, 0.1) is 0 Å². The zero-order valence-electron chi connectivity index (χ0n) is 13.6. The average Bonchev–Trinajstić information content (AvgIpc) is 3.01. The number of anilines is 1. The molecule has 0 spiro atoms. The van der Waals surface area contributed by atoms with Crippen LogP contribution in [0.5, 0.6) is 0 Å². The minimum atomic E-state index is -0.896. The monoisotopic (exact) mass is 374 g/mol. The van der Waals surface area contributed by atoms with Crippen molar-refractivity contribution in [2.45, 2.75) is 24.8 Å². The molecule has 0 N–H and O–H groups in total. The Kier molecular flexibility index (Phi) is 3.78. The standard InChI is InChI=1S/C19H16Cl2N2O2/c1-19-16(12-5-3-2-4-6-12)7-8-22(19)18(25)23(17(19)24)15-10-13(20)9-14(21)11-15/h2-6,9-11,16H,7-8H2,1H3/t16-,19-/m1/s1. The Morgan fingerprint density at radius 2 is 1.68 bits per heavy atom. The van der Waals surface area contributed by atoms with Crippen LogP contribution in [-0.4, -0.2) is 28.9 Å². The second kappa shape index (κ2) is 5.75. The lowest BCUT2D eigenvalue weighted by atomic mass is 9.81. The molecule has 0 aromatic heterocycles. The Balaban J connectivity index is 1.78. The number of hydrogen-bond acceptors (Lipinski definition) is 2. The van der Waals surface area contributed by atoms with Crippen LogP contribution in [0.4, 0.5) is 10.5 Å². The highest BCUT2D eigenvalue weighted by atomic mass is 35.5. The summed E-state index contributed by atoms with van der Waals surface area (Å²) in [7, 11) is 0. The number of nitrogens with zero attached hydrogens (tertiary/aromatic N) is 2. The van der Waals surface area contributed by atoms with Gasteiger partial charge in [0.05, 0.1) is 5.69 Å². The molecule has 2 aromatic rings. The largest absolute Gasteiger partial charge is 0.332 e. The van der Waals surface area contributed by atoms with Gasteiger partial charge in [0.25, 0.3) is 5.91 Å². The van der Waals surface area contributed by atoms with E-state index in [1.807, 2.05) is 37.3 Å². The molecule has 4 rings (SSSR count). The van der Waals surface area contributed by atoms with E-state index in [9.17, 15) is 9.59 Å². The van der Waals surface area contributed by atoms with Crippen molar-refractivity contribution in [2.24, 2.45) is 0 Å². The first-order valence-corrected chi connectivity index (χ1v) is 8.85. The van der Waals surface area contributed by atoms with Gasteiger partial charge in [0.2, 0.25) is 0 Å². The zero-order chi connectivity index (χ0) is 17.8. The third kappa shape index (κ3) is 2.35. The summed E-state index contributed by atoms with van der Waals surface area (Å²) in [4.78, 5) is 29.1. The molecule has 0 bridgehead atoms. The van der Waals surface area contributed by atoms with Gasteiger partial charge < -0.3 is 4.90 Å². The number of carbonyl (C=O) groups excluding carboxylic acids is 2. The SMILES string of the molecule is C[C@@]12C(=O)N(c3cc(Cl)cc(Cl)c3)C(=O)N1CC[C@@H]2c1ccccc1. The van der Waals surface area contributed by atoms with Crippen LogP contribution in [0.25, 0.3) is 0 Å². The molecule has 0 unspecified atom stereocenters. The first-order chi connectivity index (χ1) is 11.9. The number of benzene rings is 2. The van der Waals surface area contributed by atoms with Crippen LogP contribution in [0.1, 0.15) is 24.8 Å². The van der Waals surface area contributed by atoms with Crippen molar-refractivity contribution in [1.82, 2.24) is 4.90 Å². The number of rotatable bonds is 2. The van der Waals surface area contributed by atoms with Crippen molar-refractivity contribution >= 4 is 40.8 Å². The summed E-state index contributed by atoms with van der Waals surface area (Å²) in [5.41, 5.74) is 0.585.